The van der Waals surface area contributed by atoms with E-state index in [0.29, 0.717) is 25.7 Å². The lowest BCUT2D eigenvalue weighted by molar-refractivity contribution is -0.150. The Labute approximate surface area is 244 Å². The first-order chi connectivity index (χ1) is 19.9. The summed E-state index contributed by atoms with van der Waals surface area (Å²) in [4.78, 5) is 39.6. The average Bonchev–Trinajstić information content (AvgIpc) is 3.46. The van der Waals surface area contributed by atoms with Crippen LogP contribution in [0, 0.1) is 11.8 Å². The summed E-state index contributed by atoms with van der Waals surface area (Å²) in [5.74, 6) is -1.89. The van der Waals surface area contributed by atoms with E-state index in [4.69, 9.17) is 4.74 Å². The lowest BCUT2D eigenvalue weighted by Crippen LogP contribution is -2.50. The summed E-state index contributed by atoms with van der Waals surface area (Å²) in [6.07, 6.45) is 8.93. The lowest BCUT2D eigenvalue weighted by Gasteiger charge is -2.29. The third kappa shape index (κ3) is 10.0. The number of aliphatic hydroxyl groups excluding tert-OH is 1. The topological polar surface area (TPSA) is 105 Å². The molecule has 2 aromatic rings. The van der Waals surface area contributed by atoms with E-state index in [9.17, 15) is 19.5 Å². The standard InChI is InChI=1S/C34H44N2O5/c1-3-5-17-29(22-26-15-8-6-9-16-26)33(40)41-24-30(27-18-10-7-11-19-27)35-32(39)28(14-4-2)23-31(38)36-34(25-37)20-12-13-21-34/h3-4,6-11,15-16,18-19,28-30,37H,1-2,5,12-14,17,20-25H2,(H,35,39)(H,36,38)/t28-,29-,30-/m1/s1. The molecule has 0 aromatic heterocycles. The number of hydrogen-bond acceptors (Lipinski definition) is 5. The molecule has 0 spiro atoms. The van der Waals surface area contributed by atoms with Gasteiger partial charge in [-0.05, 0) is 49.7 Å². The molecular weight excluding hydrogens is 516 g/mol. The Morgan fingerprint density at radius 2 is 1.61 bits per heavy atom. The van der Waals surface area contributed by atoms with Crippen molar-refractivity contribution in [3.63, 3.8) is 0 Å². The first kappa shape index (κ1) is 31.8. The molecule has 1 saturated carbocycles. The Hall–Kier alpha value is -3.71. The number of ether oxygens (including phenoxy) is 1. The number of amides is 2. The number of rotatable bonds is 17. The van der Waals surface area contributed by atoms with Crippen LogP contribution in [0.5, 0.6) is 0 Å². The molecule has 0 aliphatic heterocycles. The minimum atomic E-state index is -0.648. The van der Waals surface area contributed by atoms with E-state index in [1.807, 2.05) is 60.7 Å². The molecule has 1 aliphatic rings. The maximum absolute atomic E-state index is 13.5. The molecule has 2 amide bonds. The van der Waals surface area contributed by atoms with E-state index in [-0.39, 0.29) is 43.3 Å². The molecule has 0 bridgehead atoms. The highest BCUT2D eigenvalue weighted by Gasteiger charge is 2.35. The van der Waals surface area contributed by atoms with Gasteiger partial charge in [-0.1, -0.05) is 85.7 Å². The van der Waals surface area contributed by atoms with Crippen molar-refractivity contribution >= 4 is 17.8 Å². The van der Waals surface area contributed by atoms with Gasteiger partial charge in [0.15, 0.2) is 0 Å². The van der Waals surface area contributed by atoms with Crippen molar-refractivity contribution < 1.29 is 24.2 Å². The molecule has 7 nitrogen and oxygen atoms in total. The third-order valence-electron chi connectivity index (χ3n) is 7.81. The van der Waals surface area contributed by atoms with Crippen molar-refractivity contribution in [2.45, 2.75) is 69.4 Å². The summed E-state index contributed by atoms with van der Waals surface area (Å²) < 4.78 is 5.81. The number of esters is 1. The van der Waals surface area contributed by atoms with Crippen LogP contribution in [0.4, 0.5) is 0 Å². The molecule has 0 saturated heterocycles. The van der Waals surface area contributed by atoms with Crippen molar-refractivity contribution in [2.24, 2.45) is 11.8 Å². The SMILES string of the molecule is C=CCC[C@H](Cc1ccccc1)C(=O)OC[C@@H](NC(=O)[C@H](CC=C)CC(=O)NC1(CO)CCCC1)c1ccccc1. The van der Waals surface area contributed by atoms with E-state index in [1.165, 1.54) is 0 Å². The minimum Gasteiger partial charge on any atom is -0.463 e. The maximum Gasteiger partial charge on any atom is 0.309 e. The van der Waals surface area contributed by atoms with E-state index in [2.05, 4.69) is 23.8 Å². The zero-order valence-electron chi connectivity index (χ0n) is 23.9. The monoisotopic (exact) mass is 560 g/mol. The van der Waals surface area contributed by atoms with Crippen LogP contribution in [0.15, 0.2) is 86.0 Å². The van der Waals surface area contributed by atoms with Gasteiger partial charge in [-0.15, -0.1) is 13.2 Å². The van der Waals surface area contributed by atoms with Gasteiger partial charge in [0.25, 0.3) is 0 Å². The minimum absolute atomic E-state index is 0.0262. The van der Waals surface area contributed by atoms with E-state index in [1.54, 1.807) is 12.2 Å². The molecule has 7 heteroatoms. The molecule has 3 rings (SSSR count). The average molecular weight is 561 g/mol. The molecule has 0 unspecified atom stereocenters. The molecular formula is C34H44N2O5. The van der Waals surface area contributed by atoms with Crippen LogP contribution in [-0.4, -0.2) is 41.6 Å². The highest BCUT2D eigenvalue weighted by Crippen LogP contribution is 2.29. The predicted octanol–water partition coefficient (Wildman–Crippen LogP) is 5.22. The quantitative estimate of drug-likeness (QED) is 0.182. The number of carbonyl (C=O) groups excluding carboxylic acids is 3. The number of aliphatic hydroxyl groups is 1. The van der Waals surface area contributed by atoms with Gasteiger partial charge < -0.3 is 20.5 Å². The van der Waals surface area contributed by atoms with Crippen LogP contribution in [0.25, 0.3) is 0 Å². The molecule has 3 N–H and O–H groups in total. The molecule has 0 radical (unpaired) electrons. The van der Waals surface area contributed by atoms with Crippen LogP contribution >= 0.6 is 0 Å². The van der Waals surface area contributed by atoms with Gasteiger partial charge in [0.05, 0.1) is 30.0 Å². The van der Waals surface area contributed by atoms with Gasteiger partial charge >= 0.3 is 5.97 Å². The molecule has 220 valence electrons. The molecule has 0 heterocycles. The number of nitrogens with one attached hydrogen (secondary N) is 2. The Morgan fingerprint density at radius 1 is 0.951 bits per heavy atom. The Morgan fingerprint density at radius 3 is 2.22 bits per heavy atom. The van der Waals surface area contributed by atoms with Crippen molar-refractivity contribution in [1.29, 1.82) is 0 Å². The summed E-state index contributed by atoms with van der Waals surface area (Å²) in [5.41, 5.74) is 1.25. The summed E-state index contributed by atoms with van der Waals surface area (Å²) in [7, 11) is 0. The fraction of sp³-hybridized carbons (Fsp3) is 0.441. The zero-order chi connectivity index (χ0) is 29.5. The third-order valence-corrected chi connectivity index (χ3v) is 7.81. The predicted molar refractivity (Wildman–Crippen MR) is 161 cm³/mol. The van der Waals surface area contributed by atoms with Crippen LogP contribution in [-0.2, 0) is 25.5 Å². The largest absolute Gasteiger partial charge is 0.463 e. The summed E-state index contributed by atoms with van der Waals surface area (Å²) >= 11 is 0. The molecule has 2 aromatic carbocycles. The van der Waals surface area contributed by atoms with E-state index >= 15 is 0 Å². The van der Waals surface area contributed by atoms with E-state index < -0.39 is 17.5 Å². The fourth-order valence-corrected chi connectivity index (χ4v) is 5.43. The van der Waals surface area contributed by atoms with Crippen LogP contribution in [0.2, 0.25) is 0 Å². The van der Waals surface area contributed by atoms with Crippen molar-refractivity contribution in [3.05, 3.63) is 97.1 Å². The van der Waals surface area contributed by atoms with E-state index in [0.717, 1.165) is 36.8 Å². The maximum atomic E-state index is 13.5. The van der Waals surface area contributed by atoms with Gasteiger partial charge in [0.1, 0.15) is 6.61 Å². The van der Waals surface area contributed by atoms with Crippen LogP contribution < -0.4 is 10.6 Å². The van der Waals surface area contributed by atoms with Crippen molar-refractivity contribution in [1.82, 2.24) is 10.6 Å². The smallest absolute Gasteiger partial charge is 0.309 e. The molecule has 1 aliphatic carbocycles. The molecule has 3 atom stereocenters. The van der Waals surface area contributed by atoms with Crippen LogP contribution in [0.3, 0.4) is 0 Å². The fourth-order valence-electron chi connectivity index (χ4n) is 5.43. The van der Waals surface area contributed by atoms with Gasteiger partial charge in [-0.2, -0.15) is 0 Å². The second-order valence-corrected chi connectivity index (χ2v) is 11.0. The summed E-state index contributed by atoms with van der Waals surface area (Å²) in [5, 5.41) is 15.9. The Balaban J connectivity index is 1.68. The van der Waals surface area contributed by atoms with Gasteiger partial charge in [0, 0.05) is 6.42 Å². The summed E-state index contributed by atoms with van der Waals surface area (Å²) in [6.45, 7) is 7.41. The Bertz CT molecular complexity index is 1130. The highest BCUT2D eigenvalue weighted by atomic mass is 16.5. The number of allylic oxidation sites excluding steroid dienone is 2. The number of hydrogen-bond donors (Lipinski definition) is 3. The molecule has 41 heavy (non-hydrogen) atoms. The first-order valence-corrected chi connectivity index (χ1v) is 14.6. The zero-order valence-corrected chi connectivity index (χ0v) is 23.9. The van der Waals surface area contributed by atoms with Crippen molar-refractivity contribution in [3.8, 4) is 0 Å². The molecule has 1 fully saturated rings. The first-order valence-electron chi connectivity index (χ1n) is 14.6. The lowest BCUT2D eigenvalue weighted by atomic mass is 9.94. The Kier molecular flexibility index (Phi) is 12.8. The second-order valence-electron chi connectivity index (χ2n) is 11.0. The number of benzene rings is 2. The van der Waals surface area contributed by atoms with Gasteiger partial charge in [0.2, 0.25) is 11.8 Å². The normalized spacial score (nSPS) is 16.1. The summed E-state index contributed by atoms with van der Waals surface area (Å²) in [6, 6.07) is 18.6. The second kappa shape index (κ2) is 16.5. The highest BCUT2D eigenvalue weighted by molar-refractivity contribution is 5.86. The van der Waals surface area contributed by atoms with Gasteiger partial charge in [-0.25, -0.2) is 0 Å². The van der Waals surface area contributed by atoms with Gasteiger partial charge in [-0.3, -0.25) is 14.4 Å². The number of carbonyl (C=O) groups is 3. The van der Waals surface area contributed by atoms with Crippen molar-refractivity contribution in [2.75, 3.05) is 13.2 Å². The van der Waals surface area contributed by atoms with Crippen LogP contribution in [0.1, 0.15) is 68.5 Å².